The monoisotopic (exact) mass is 209 g/mol. The van der Waals surface area contributed by atoms with Crippen LogP contribution in [0.4, 0.5) is 0 Å². The average Bonchev–Trinajstić information content (AvgIpc) is 2.14. The summed E-state index contributed by atoms with van der Waals surface area (Å²) >= 11 is 6.00. The minimum Gasteiger partial charge on any atom is -0.508 e. The summed E-state index contributed by atoms with van der Waals surface area (Å²) in [5.74, 6) is 0.0583. The first-order valence-corrected chi connectivity index (χ1v) is 4.48. The molecule has 0 aliphatic heterocycles. The molecule has 4 heteroatoms. The molecule has 0 aliphatic rings. The van der Waals surface area contributed by atoms with E-state index >= 15 is 0 Å². The van der Waals surface area contributed by atoms with Gasteiger partial charge in [-0.15, -0.1) is 0 Å². The molecule has 2 aromatic rings. The van der Waals surface area contributed by atoms with Crippen LogP contribution in [-0.2, 0) is 0 Å². The van der Waals surface area contributed by atoms with E-state index in [4.69, 9.17) is 11.6 Å². The number of fused-ring (bicyclic) bond motifs is 1. The third kappa shape index (κ3) is 1.26. The predicted octanol–water partition coefficient (Wildman–Crippen LogP) is 2.20. The van der Waals surface area contributed by atoms with Gasteiger partial charge in [-0.05, 0) is 25.1 Å². The molecule has 0 bridgehead atoms. The maximum Gasteiger partial charge on any atom is 0.256 e. The lowest BCUT2D eigenvalue weighted by molar-refractivity contribution is 0.476. The first kappa shape index (κ1) is 9.09. The first-order valence-electron chi connectivity index (χ1n) is 4.10. The lowest BCUT2D eigenvalue weighted by Gasteiger charge is -2.03. The van der Waals surface area contributed by atoms with Crippen LogP contribution in [-0.4, -0.2) is 10.1 Å². The van der Waals surface area contributed by atoms with Crippen LogP contribution >= 0.6 is 11.6 Å². The molecule has 1 aromatic carbocycles. The van der Waals surface area contributed by atoms with Gasteiger partial charge in [-0.25, -0.2) is 0 Å². The minimum absolute atomic E-state index is 0.0583. The highest BCUT2D eigenvalue weighted by molar-refractivity contribution is 6.36. The molecular weight excluding hydrogens is 202 g/mol. The molecule has 72 valence electrons. The van der Waals surface area contributed by atoms with E-state index in [9.17, 15) is 9.90 Å². The van der Waals surface area contributed by atoms with Crippen LogP contribution in [0.5, 0.6) is 5.75 Å². The third-order valence-electron chi connectivity index (χ3n) is 2.11. The molecule has 14 heavy (non-hydrogen) atoms. The van der Waals surface area contributed by atoms with Crippen molar-refractivity contribution >= 4 is 22.4 Å². The second-order valence-corrected chi connectivity index (χ2v) is 3.50. The normalized spacial score (nSPS) is 10.7. The van der Waals surface area contributed by atoms with Crippen LogP contribution < -0.4 is 5.56 Å². The number of hydrogen-bond donors (Lipinski definition) is 2. The topological polar surface area (TPSA) is 53.1 Å². The van der Waals surface area contributed by atoms with E-state index in [1.165, 1.54) is 12.1 Å². The van der Waals surface area contributed by atoms with Crippen molar-refractivity contribution in [3.8, 4) is 5.75 Å². The predicted molar refractivity (Wildman–Crippen MR) is 56.0 cm³/mol. The fraction of sp³-hybridized carbons (Fsp3) is 0.100. The molecular formula is C10H8ClNO2. The summed E-state index contributed by atoms with van der Waals surface area (Å²) in [6.45, 7) is 1.73. The smallest absolute Gasteiger partial charge is 0.256 e. The Morgan fingerprint density at radius 3 is 2.79 bits per heavy atom. The van der Waals surface area contributed by atoms with Crippen LogP contribution in [0.3, 0.4) is 0 Å². The molecule has 0 atom stereocenters. The molecule has 0 spiro atoms. The number of pyridine rings is 1. The number of rotatable bonds is 0. The lowest BCUT2D eigenvalue weighted by atomic mass is 10.1. The van der Waals surface area contributed by atoms with Crippen molar-refractivity contribution in [3.05, 3.63) is 39.3 Å². The molecule has 0 radical (unpaired) electrons. The van der Waals surface area contributed by atoms with Gasteiger partial charge in [0.1, 0.15) is 5.75 Å². The maximum atomic E-state index is 11.5. The highest BCUT2D eigenvalue weighted by Crippen LogP contribution is 2.25. The molecule has 0 saturated heterocycles. The highest BCUT2D eigenvalue weighted by Gasteiger charge is 2.06. The van der Waals surface area contributed by atoms with Crippen molar-refractivity contribution in [1.82, 2.24) is 4.98 Å². The van der Waals surface area contributed by atoms with Crippen molar-refractivity contribution < 1.29 is 5.11 Å². The van der Waals surface area contributed by atoms with E-state index in [1.807, 2.05) is 0 Å². The summed E-state index contributed by atoms with van der Waals surface area (Å²) in [5, 5.41) is 10.8. The van der Waals surface area contributed by atoms with Crippen molar-refractivity contribution in [3.63, 3.8) is 0 Å². The number of aromatic nitrogens is 1. The van der Waals surface area contributed by atoms with Gasteiger partial charge in [0.25, 0.3) is 5.56 Å². The highest BCUT2D eigenvalue weighted by atomic mass is 35.5. The summed E-state index contributed by atoms with van der Waals surface area (Å²) < 4.78 is 0. The summed E-state index contributed by atoms with van der Waals surface area (Å²) in [6.07, 6.45) is 0. The van der Waals surface area contributed by atoms with Gasteiger partial charge in [-0.3, -0.25) is 4.79 Å². The van der Waals surface area contributed by atoms with Crippen LogP contribution in [0.15, 0.2) is 23.0 Å². The molecule has 0 saturated carbocycles. The Hall–Kier alpha value is -1.48. The Morgan fingerprint density at radius 1 is 1.36 bits per heavy atom. The molecule has 0 fully saturated rings. The summed E-state index contributed by atoms with van der Waals surface area (Å²) in [6, 6.07) is 4.54. The van der Waals surface area contributed by atoms with Gasteiger partial charge in [-0.2, -0.15) is 0 Å². The zero-order chi connectivity index (χ0) is 10.3. The SMILES string of the molecule is Cc1[nH]c(=O)c2cc(O)ccc2c1Cl. The van der Waals surface area contributed by atoms with Gasteiger partial charge in [0, 0.05) is 11.1 Å². The molecule has 2 N–H and O–H groups in total. The molecule has 2 rings (SSSR count). The number of hydrogen-bond acceptors (Lipinski definition) is 2. The van der Waals surface area contributed by atoms with Crippen LogP contribution in [0.25, 0.3) is 10.8 Å². The van der Waals surface area contributed by atoms with Gasteiger partial charge in [-0.1, -0.05) is 11.6 Å². The Kier molecular flexibility index (Phi) is 1.97. The maximum absolute atomic E-state index is 11.5. The number of phenolic OH excluding ortho intramolecular Hbond substituents is 1. The number of aryl methyl sites for hydroxylation is 1. The number of halogens is 1. The Balaban J connectivity index is 3.02. The number of H-pyrrole nitrogens is 1. The molecule has 0 unspecified atom stereocenters. The first-order chi connectivity index (χ1) is 6.59. The summed E-state index contributed by atoms with van der Waals surface area (Å²) in [7, 11) is 0. The molecule has 1 heterocycles. The van der Waals surface area contributed by atoms with Crippen LogP contribution in [0.1, 0.15) is 5.69 Å². The Labute approximate surface area is 85.0 Å². The van der Waals surface area contributed by atoms with E-state index in [1.54, 1.807) is 13.0 Å². The van der Waals surface area contributed by atoms with E-state index in [-0.39, 0.29) is 11.3 Å². The Bertz CT molecular complexity index is 560. The lowest BCUT2D eigenvalue weighted by Crippen LogP contribution is -2.07. The van der Waals surface area contributed by atoms with Crippen molar-refractivity contribution in [2.75, 3.05) is 0 Å². The van der Waals surface area contributed by atoms with Crippen molar-refractivity contribution in [1.29, 1.82) is 0 Å². The van der Waals surface area contributed by atoms with Gasteiger partial charge in [0.2, 0.25) is 0 Å². The average molecular weight is 210 g/mol. The number of aromatic hydroxyl groups is 1. The zero-order valence-electron chi connectivity index (χ0n) is 7.47. The van der Waals surface area contributed by atoms with Gasteiger partial charge < -0.3 is 10.1 Å². The minimum atomic E-state index is -0.238. The number of phenols is 1. The van der Waals surface area contributed by atoms with E-state index < -0.39 is 0 Å². The van der Waals surface area contributed by atoms with Gasteiger partial charge >= 0.3 is 0 Å². The number of nitrogens with one attached hydrogen (secondary N) is 1. The standard InChI is InChI=1S/C10H8ClNO2/c1-5-9(11)7-3-2-6(13)4-8(7)10(14)12-5/h2-4,13H,1H3,(H,12,14). The number of benzene rings is 1. The van der Waals surface area contributed by atoms with Crippen molar-refractivity contribution in [2.45, 2.75) is 6.92 Å². The Morgan fingerprint density at radius 2 is 2.07 bits per heavy atom. The second kappa shape index (κ2) is 3.03. The van der Waals surface area contributed by atoms with Crippen LogP contribution in [0, 0.1) is 6.92 Å². The van der Waals surface area contributed by atoms with Gasteiger partial charge in [0.15, 0.2) is 0 Å². The van der Waals surface area contributed by atoms with E-state index in [2.05, 4.69) is 4.98 Å². The fourth-order valence-corrected chi connectivity index (χ4v) is 1.62. The van der Waals surface area contributed by atoms with Crippen LogP contribution in [0.2, 0.25) is 5.02 Å². The largest absolute Gasteiger partial charge is 0.508 e. The van der Waals surface area contributed by atoms with E-state index in [0.717, 1.165) is 0 Å². The summed E-state index contributed by atoms with van der Waals surface area (Å²) in [5.41, 5.74) is 0.396. The second-order valence-electron chi connectivity index (χ2n) is 3.12. The number of aromatic amines is 1. The fourth-order valence-electron chi connectivity index (χ4n) is 1.41. The van der Waals surface area contributed by atoms with Crippen molar-refractivity contribution in [2.24, 2.45) is 0 Å². The van der Waals surface area contributed by atoms with E-state index in [0.29, 0.717) is 21.5 Å². The molecule has 3 nitrogen and oxygen atoms in total. The zero-order valence-corrected chi connectivity index (χ0v) is 8.22. The van der Waals surface area contributed by atoms with Gasteiger partial charge in [0.05, 0.1) is 10.4 Å². The third-order valence-corrected chi connectivity index (χ3v) is 2.60. The molecule has 0 aliphatic carbocycles. The quantitative estimate of drug-likeness (QED) is 0.699. The summed E-state index contributed by atoms with van der Waals surface area (Å²) in [4.78, 5) is 14.1. The molecule has 0 amide bonds. The molecule has 1 aromatic heterocycles.